The molecule has 1 aromatic rings. The number of hydrogen-bond donors (Lipinski definition) is 1. The van der Waals surface area contributed by atoms with E-state index < -0.39 is 11.0 Å². The third-order valence-corrected chi connectivity index (χ3v) is 4.08. The molecule has 0 saturated heterocycles. The fourth-order valence-electron chi connectivity index (χ4n) is 2.83. The summed E-state index contributed by atoms with van der Waals surface area (Å²) in [7, 11) is 0. The number of Topliss-reactive ketones (excluding diaryl/α,β-unsaturated/α-hetero) is 1. The first-order valence-electron chi connectivity index (χ1n) is 6.16. The molecule has 2 nitrogen and oxygen atoms in total. The van der Waals surface area contributed by atoms with Crippen molar-refractivity contribution in [3.05, 3.63) is 35.4 Å². The molecule has 0 aliphatic heterocycles. The van der Waals surface area contributed by atoms with E-state index in [9.17, 15) is 9.90 Å². The normalized spacial score (nSPS) is 23.2. The van der Waals surface area contributed by atoms with Crippen LogP contribution in [0.1, 0.15) is 38.8 Å². The summed E-state index contributed by atoms with van der Waals surface area (Å²) in [4.78, 5) is 12.3. The Kier molecular flexibility index (Phi) is 2.66. The zero-order chi connectivity index (χ0) is 12.8. The van der Waals surface area contributed by atoms with E-state index in [1.165, 1.54) is 0 Å². The smallest absolute Gasteiger partial charge is 0.144 e. The van der Waals surface area contributed by atoms with Crippen LogP contribution in [0.3, 0.4) is 0 Å². The van der Waals surface area contributed by atoms with Gasteiger partial charge in [-0.05, 0) is 25.0 Å². The van der Waals surface area contributed by atoms with Crippen molar-refractivity contribution in [3.63, 3.8) is 0 Å². The maximum atomic E-state index is 12.3. The maximum absolute atomic E-state index is 12.3. The van der Waals surface area contributed by atoms with E-state index in [0.29, 0.717) is 6.42 Å². The van der Waals surface area contributed by atoms with E-state index >= 15 is 0 Å². The fourth-order valence-corrected chi connectivity index (χ4v) is 2.83. The van der Waals surface area contributed by atoms with Crippen molar-refractivity contribution >= 4 is 5.78 Å². The van der Waals surface area contributed by atoms with Crippen molar-refractivity contribution in [2.24, 2.45) is 11.3 Å². The number of aliphatic hydroxyl groups is 1. The highest BCUT2D eigenvalue weighted by molar-refractivity contribution is 5.88. The van der Waals surface area contributed by atoms with Crippen molar-refractivity contribution in [1.82, 2.24) is 0 Å². The molecular weight excluding hydrogens is 212 g/mol. The molecule has 1 unspecified atom stereocenters. The minimum atomic E-state index is -0.995. The van der Waals surface area contributed by atoms with Crippen LogP contribution in [-0.2, 0) is 16.8 Å². The maximum Gasteiger partial charge on any atom is 0.144 e. The third kappa shape index (κ3) is 1.54. The second kappa shape index (κ2) is 3.67. The molecule has 0 aromatic heterocycles. The van der Waals surface area contributed by atoms with E-state index in [0.717, 1.165) is 11.1 Å². The summed E-state index contributed by atoms with van der Waals surface area (Å²) in [6.45, 7) is 7.48. The highest BCUT2D eigenvalue weighted by atomic mass is 16.3. The zero-order valence-electron chi connectivity index (χ0n) is 10.9. The Labute approximate surface area is 103 Å². The standard InChI is InChI=1S/C15H20O2/c1-10(2)13(16)14(3,4)15(17)9-11-7-5-6-8-12(11)15/h5-8,10,17H,9H2,1-4H3. The van der Waals surface area contributed by atoms with Gasteiger partial charge in [-0.1, -0.05) is 38.1 Å². The highest BCUT2D eigenvalue weighted by Gasteiger charge is 2.55. The summed E-state index contributed by atoms with van der Waals surface area (Å²) in [6.07, 6.45) is 0.578. The second-order valence-corrected chi connectivity index (χ2v) is 5.84. The Morgan fingerprint density at radius 3 is 2.47 bits per heavy atom. The van der Waals surface area contributed by atoms with Gasteiger partial charge in [0.05, 0.1) is 5.41 Å². The van der Waals surface area contributed by atoms with Gasteiger partial charge in [-0.3, -0.25) is 4.79 Å². The topological polar surface area (TPSA) is 37.3 Å². The van der Waals surface area contributed by atoms with Gasteiger partial charge in [0, 0.05) is 12.3 Å². The fraction of sp³-hybridized carbons (Fsp3) is 0.533. The Hall–Kier alpha value is -1.15. The summed E-state index contributed by atoms with van der Waals surface area (Å²) in [5.74, 6) is 0.0660. The molecule has 1 N–H and O–H groups in total. The molecule has 17 heavy (non-hydrogen) atoms. The number of hydrogen-bond acceptors (Lipinski definition) is 2. The van der Waals surface area contributed by atoms with E-state index in [4.69, 9.17) is 0 Å². The molecule has 92 valence electrons. The lowest BCUT2D eigenvalue weighted by Crippen LogP contribution is -2.55. The van der Waals surface area contributed by atoms with Crippen molar-refractivity contribution < 1.29 is 9.90 Å². The number of carbonyl (C=O) groups is 1. The van der Waals surface area contributed by atoms with Crippen molar-refractivity contribution in [2.75, 3.05) is 0 Å². The number of carbonyl (C=O) groups excluding carboxylic acids is 1. The number of ketones is 1. The molecule has 1 aromatic carbocycles. The minimum Gasteiger partial charge on any atom is -0.384 e. The predicted octanol–water partition coefficient (Wildman–Crippen LogP) is 2.68. The molecule has 0 heterocycles. The van der Waals surface area contributed by atoms with Gasteiger partial charge < -0.3 is 5.11 Å². The van der Waals surface area contributed by atoms with Crippen LogP contribution < -0.4 is 0 Å². The molecular formula is C15H20O2. The molecule has 1 aliphatic rings. The zero-order valence-corrected chi connectivity index (χ0v) is 10.9. The number of rotatable bonds is 3. The van der Waals surface area contributed by atoms with Crippen LogP contribution in [0, 0.1) is 11.3 Å². The van der Waals surface area contributed by atoms with Crippen molar-refractivity contribution in [3.8, 4) is 0 Å². The summed E-state index contributed by atoms with van der Waals surface area (Å²) in [5.41, 5.74) is 0.346. The third-order valence-electron chi connectivity index (χ3n) is 4.08. The lowest BCUT2D eigenvalue weighted by atomic mass is 9.57. The lowest BCUT2D eigenvalue weighted by Gasteiger charge is -2.50. The molecule has 0 saturated carbocycles. The Bertz CT molecular complexity index is 460. The van der Waals surface area contributed by atoms with Gasteiger partial charge in [-0.2, -0.15) is 0 Å². The van der Waals surface area contributed by atoms with Crippen LogP contribution in [0.5, 0.6) is 0 Å². The van der Waals surface area contributed by atoms with Gasteiger partial charge >= 0.3 is 0 Å². The minimum absolute atomic E-state index is 0.0539. The van der Waals surface area contributed by atoms with Gasteiger partial charge in [-0.15, -0.1) is 0 Å². The quantitative estimate of drug-likeness (QED) is 0.870. The summed E-state index contributed by atoms with van der Waals surface area (Å²) in [5, 5.41) is 10.8. The first-order chi connectivity index (χ1) is 7.80. The van der Waals surface area contributed by atoms with E-state index in [2.05, 4.69) is 0 Å². The van der Waals surface area contributed by atoms with Gasteiger partial charge in [0.15, 0.2) is 0 Å². The van der Waals surface area contributed by atoms with Gasteiger partial charge in [0.25, 0.3) is 0 Å². The molecule has 0 spiro atoms. The Morgan fingerprint density at radius 2 is 1.94 bits per heavy atom. The van der Waals surface area contributed by atoms with Gasteiger partial charge in [0.1, 0.15) is 11.4 Å². The average Bonchev–Trinajstić information content (AvgIpc) is 2.26. The van der Waals surface area contributed by atoms with Crippen LogP contribution in [0.25, 0.3) is 0 Å². The first kappa shape index (κ1) is 12.3. The van der Waals surface area contributed by atoms with Gasteiger partial charge in [-0.25, -0.2) is 0 Å². The first-order valence-corrected chi connectivity index (χ1v) is 6.16. The average molecular weight is 232 g/mol. The molecule has 2 heteroatoms. The van der Waals surface area contributed by atoms with E-state index in [-0.39, 0.29) is 11.7 Å². The van der Waals surface area contributed by atoms with E-state index in [1.807, 2.05) is 52.0 Å². The van der Waals surface area contributed by atoms with Crippen LogP contribution in [0.15, 0.2) is 24.3 Å². The van der Waals surface area contributed by atoms with E-state index in [1.54, 1.807) is 0 Å². The Balaban J connectivity index is 2.40. The molecule has 2 rings (SSSR count). The molecule has 0 radical (unpaired) electrons. The van der Waals surface area contributed by atoms with Crippen molar-refractivity contribution in [2.45, 2.75) is 39.7 Å². The van der Waals surface area contributed by atoms with Gasteiger partial charge in [0.2, 0.25) is 0 Å². The highest BCUT2D eigenvalue weighted by Crippen LogP contribution is 2.51. The van der Waals surface area contributed by atoms with Crippen LogP contribution in [-0.4, -0.2) is 10.9 Å². The number of fused-ring (bicyclic) bond motifs is 1. The Morgan fingerprint density at radius 1 is 1.35 bits per heavy atom. The molecule has 0 bridgehead atoms. The largest absolute Gasteiger partial charge is 0.384 e. The molecule has 0 amide bonds. The second-order valence-electron chi connectivity index (χ2n) is 5.84. The van der Waals surface area contributed by atoms with Crippen LogP contribution >= 0.6 is 0 Å². The lowest BCUT2D eigenvalue weighted by molar-refractivity contribution is -0.153. The number of benzene rings is 1. The summed E-state index contributed by atoms with van der Waals surface area (Å²) >= 11 is 0. The summed E-state index contributed by atoms with van der Waals surface area (Å²) in [6, 6.07) is 7.82. The SMILES string of the molecule is CC(C)C(=O)C(C)(C)C1(O)Cc2ccccc21. The van der Waals surface area contributed by atoms with Crippen LogP contribution in [0.4, 0.5) is 0 Å². The predicted molar refractivity (Wildman–Crippen MR) is 67.7 cm³/mol. The van der Waals surface area contributed by atoms with Crippen molar-refractivity contribution in [1.29, 1.82) is 0 Å². The monoisotopic (exact) mass is 232 g/mol. The molecule has 1 atom stereocenters. The van der Waals surface area contributed by atoms with Crippen LogP contribution in [0.2, 0.25) is 0 Å². The molecule has 1 aliphatic carbocycles. The summed E-state index contributed by atoms with van der Waals surface area (Å²) < 4.78 is 0. The molecule has 0 fully saturated rings.